The maximum atomic E-state index is 3.52. The first-order chi connectivity index (χ1) is 6.93. The van der Waals surface area contributed by atoms with Gasteiger partial charge in [-0.15, -0.1) is 0 Å². The fourth-order valence-electron chi connectivity index (χ4n) is 3.64. The van der Waals surface area contributed by atoms with Crippen molar-refractivity contribution in [2.45, 2.75) is 38.1 Å². The van der Waals surface area contributed by atoms with Crippen molar-refractivity contribution in [2.24, 2.45) is 11.8 Å². The van der Waals surface area contributed by atoms with Crippen LogP contribution in [0, 0.1) is 11.8 Å². The summed E-state index contributed by atoms with van der Waals surface area (Å²) < 4.78 is 0. The van der Waals surface area contributed by atoms with E-state index in [2.05, 4.69) is 10.2 Å². The largest absolute Gasteiger partial charge is 0.316 e. The zero-order valence-corrected chi connectivity index (χ0v) is 9.04. The van der Waals surface area contributed by atoms with E-state index >= 15 is 0 Å². The summed E-state index contributed by atoms with van der Waals surface area (Å²) in [7, 11) is 0. The minimum absolute atomic E-state index is 0.953. The van der Waals surface area contributed by atoms with Gasteiger partial charge in [0, 0.05) is 19.1 Å². The highest BCUT2D eigenvalue weighted by Crippen LogP contribution is 2.32. The summed E-state index contributed by atoms with van der Waals surface area (Å²) in [6.45, 7) is 5.35. The molecule has 0 aromatic heterocycles. The monoisotopic (exact) mass is 194 g/mol. The van der Waals surface area contributed by atoms with Gasteiger partial charge < -0.3 is 5.32 Å². The maximum absolute atomic E-state index is 3.52. The van der Waals surface area contributed by atoms with Crippen LogP contribution in [0.25, 0.3) is 0 Å². The third kappa shape index (κ3) is 1.59. The van der Waals surface area contributed by atoms with E-state index in [4.69, 9.17) is 0 Å². The molecule has 2 saturated heterocycles. The summed E-state index contributed by atoms with van der Waals surface area (Å²) in [6.07, 6.45) is 7.40. The van der Waals surface area contributed by atoms with E-state index in [0.717, 1.165) is 17.9 Å². The van der Waals surface area contributed by atoms with Gasteiger partial charge in [-0.1, -0.05) is 19.3 Å². The lowest BCUT2D eigenvalue weighted by molar-refractivity contribution is 0.179. The van der Waals surface area contributed by atoms with Crippen LogP contribution in [-0.2, 0) is 0 Å². The molecule has 3 rings (SSSR count). The Bertz CT molecular complexity index is 186. The molecular formula is C12H22N2. The van der Waals surface area contributed by atoms with Gasteiger partial charge in [-0.25, -0.2) is 0 Å². The molecule has 3 fully saturated rings. The molecule has 2 heterocycles. The molecule has 0 unspecified atom stereocenters. The highest BCUT2D eigenvalue weighted by atomic mass is 15.2. The maximum Gasteiger partial charge on any atom is 0.00955 e. The number of nitrogens with one attached hydrogen (secondary N) is 1. The molecule has 2 nitrogen and oxygen atoms in total. The second-order valence-electron chi connectivity index (χ2n) is 5.42. The number of rotatable bonds is 1. The van der Waals surface area contributed by atoms with E-state index in [-0.39, 0.29) is 0 Å². The first kappa shape index (κ1) is 9.17. The van der Waals surface area contributed by atoms with Gasteiger partial charge in [0.25, 0.3) is 0 Å². The minimum atomic E-state index is 0.953. The summed E-state index contributed by atoms with van der Waals surface area (Å²) in [5.74, 6) is 1.97. The van der Waals surface area contributed by atoms with Crippen LogP contribution in [0.2, 0.25) is 0 Å². The van der Waals surface area contributed by atoms with Gasteiger partial charge in [-0.3, -0.25) is 4.90 Å². The second kappa shape index (κ2) is 3.82. The average molecular weight is 194 g/mol. The van der Waals surface area contributed by atoms with Gasteiger partial charge in [0.15, 0.2) is 0 Å². The van der Waals surface area contributed by atoms with Crippen LogP contribution in [0.3, 0.4) is 0 Å². The highest BCUT2D eigenvalue weighted by molar-refractivity contribution is 4.93. The van der Waals surface area contributed by atoms with Crippen LogP contribution >= 0.6 is 0 Å². The van der Waals surface area contributed by atoms with E-state index in [9.17, 15) is 0 Å². The summed E-state index contributed by atoms with van der Waals surface area (Å²) in [5.41, 5.74) is 0. The van der Waals surface area contributed by atoms with Crippen molar-refractivity contribution < 1.29 is 0 Å². The van der Waals surface area contributed by atoms with Crippen LogP contribution < -0.4 is 5.32 Å². The predicted octanol–water partition coefficient (Wildman–Crippen LogP) is 1.47. The lowest BCUT2D eigenvalue weighted by Gasteiger charge is -2.31. The topological polar surface area (TPSA) is 15.3 Å². The molecule has 0 aromatic rings. The van der Waals surface area contributed by atoms with Crippen molar-refractivity contribution in [3.05, 3.63) is 0 Å². The van der Waals surface area contributed by atoms with E-state index in [1.807, 2.05) is 0 Å². The van der Waals surface area contributed by atoms with Crippen LogP contribution in [0.5, 0.6) is 0 Å². The van der Waals surface area contributed by atoms with E-state index in [0.29, 0.717) is 0 Å². The van der Waals surface area contributed by atoms with Crippen molar-refractivity contribution in [3.8, 4) is 0 Å². The Balaban J connectivity index is 1.59. The van der Waals surface area contributed by atoms with Crippen LogP contribution in [0.15, 0.2) is 0 Å². The molecule has 0 radical (unpaired) electrons. The summed E-state index contributed by atoms with van der Waals surface area (Å²) in [4.78, 5) is 2.80. The van der Waals surface area contributed by atoms with Gasteiger partial charge >= 0.3 is 0 Å². The molecule has 14 heavy (non-hydrogen) atoms. The van der Waals surface area contributed by atoms with E-state index in [1.165, 1.54) is 58.3 Å². The van der Waals surface area contributed by atoms with E-state index in [1.54, 1.807) is 0 Å². The van der Waals surface area contributed by atoms with E-state index < -0.39 is 0 Å². The zero-order valence-electron chi connectivity index (χ0n) is 9.04. The van der Waals surface area contributed by atoms with Crippen LogP contribution in [0.1, 0.15) is 32.1 Å². The summed E-state index contributed by atoms with van der Waals surface area (Å²) >= 11 is 0. The molecule has 80 valence electrons. The number of likely N-dealkylation sites (tertiary alicyclic amines) is 1. The number of nitrogens with zero attached hydrogens (tertiary/aromatic N) is 1. The molecule has 1 aliphatic carbocycles. The lowest BCUT2D eigenvalue weighted by atomic mass is 9.94. The molecule has 0 aromatic carbocycles. The van der Waals surface area contributed by atoms with Crippen molar-refractivity contribution in [3.63, 3.8) is 0 Å². The van der Waals surface area contributed by atoms with Gasteiger partial charge in [0.05, 0.1) is 0 Å². The van der Waals surface area contributed by atoms with Crippen LogP contribution in [0.4, 0.5) is 0 Å². The predicted molar refractivity (Wildman–Crippen MR) is 58.3 cm³/mol. The summed E-state index contributed by atoms with van der Waals surface area (Å²) in [6, 6.07) is 0.953. The Hall–Kier alpha value is -0.0800. The molecule has 0 bridgehead atoms. The molecule has 2 atom stereocenters. The molecule has 1 N–H and O–H groups in total. The smallest absolute Gasteiger partial charge is 0.00955 e. The third-order valence-corrected chi connectivity index (χ3v) is 4.51. The Kier molecular flexibility index (Phi) is 2.50. The molecule has 1 saturated carbocycles. The number of hydrogen-bond donors (Lipinski definition) is 1. The standard InChI is InChI=1S/C12H22N2/c1-2-4-12(5-3-1)14-8-10-6-13-7-11(10)9-14/h10-13H,1-9H2/t10-,11+. The van der Waals surface area contributed by atoms with Gasteiger partial charge in [-0.2, -0.15) is 0 Å². The fraction of sp³-hybridized carbons (Fsp3) is 1.00. The third-order valence-electron chi connectivity index (χ3n) is 4.51. The van der Waals surface area contributed by atoms with Crippen LogP contribution in [-0.4, -0.2) is 37.1 Å². The molecule has 2 aliphatic heterocycles. The normalized spacial score (nSPS) is 40.3. The number of fused-ring (bicyclic) bond motifs is 1. The van der Waals surface area contributed by atoms with Crippen molar-refractivity contribution in [1.29, 1.82) is 0 Å². The van der Waals surface area contributed by atoms with Gasteiger partial charge in [-0.05, 0) is 37.8 Å². The van der Waals surface area contributed by atoms with Gasteiger partial charge in [0.2, 0.25) is 0 Å². The Morgan fingerprint density at radius 1 is 0.857 bits per heavy atom. The zero-order chi connectivity index (χ0) is 9.38. The number of hydrogen-bond acceptors (Lipinski definition) is 2. The first-order valence-electron chi connectivity index (χ1n) is 6.38. The molecular weight excluding hydrogens is 172 g/mol. The van der Waals surface area contributed by atoms with Crippen molar-refractivity contribution in [2.75, 3.05) is 26.2 Å². The highest BCUT2D eigenvalue weighted by Gasteiger charge is 2.38. The Morgan fingerprint density at radius 2 is 1.50 bits per heavy atom. The van der Waals surface area contributed by atoms with Crippen molar-refractivity contribution in [1.82, 2.24) is 10.2 Å². The molecule has 0 amide bonds. The quantitative estimate of drug-likeness (QED) is 0.680. The van der Waals surface area contributed by atoms with Gasteiger partial charge in [0.1, 0.15) is 0 Å². The minimum Gasteiger partial charge on any atom is -0.316 e. The SMILES string of the molecule is C1CCC(N2C[C@H]3CNC[C@H]3C2)CC1. The Morgan fingerprint density at radius 3 is 2.14 bits per heavy atom. The molecule has 0 spiro atoms. The summed E-state index contributed by atoms with van der Waals surface area (Å²) in [5, 5.41) is 3.52. The fourth-order valence-corrected chi connectivity index (χ4v) is 3.64. The second-order valence-corrected chi connectivity index (χ2v) is 5.42. The molecule has 3 aliphatic rings. The lowest BCUT2D eigenvalue weighted by Crippen LogP contribution is -2.36. The first-order valence-corrected chi connectivity index (χ1v) is 6.38. The molecule has 2 heteroatoms. The van der Waals surface area contributed by atoms with Crippen molar-refractivity contribution >= 4 is 0 Å². The average Bonchev–Trinajstić information content (AvgIpc) is 2.78. The Labute approximate surface area is 87.0 Å².